The minimum atomic E-state index is -0.332. The molecule has 0 saturated carbocycles. The van der Waals surface area contributed by atoms with Gasteiger partial charge in [-0.2, -0.15) is 0 Å². The number of benzene rings is 1. The molecule has 21 heavy (non-hydrogen) atoms. The fraction of sp³-hybridized carbons (Fsp3) is 0.333. The van der Waals surface area contributed by atoms with Gasteiger partial charge in [0.05, 0.1) is 13.2 Å². The largest absolute Gasteiger partial charge is 0.496 e. The van der Waals surface area contributed by atoms with E-state index in [0.29, 0.717) is 11.6 Å². The molecule has 0 spiro atoms. The zero-order chi connectivity index (χ0) is 15.2. The third-order valence-corrected chi connectivity index (χ3v) is 3.10. The fourth-order valence-electron chi connectivity index (χ4n) is 2.09. The number of rotatable bonds is 5. The molecule has 0 aliphatic rings. The molecule has 2 N–H and O–H groups in total. The number of carbonyl (C=O) groups is 1. The quantitative estimate of drug-likeness (QED) is 0.885. The van der Waals surface area contributed by atoms with Gasteiger partial charge in [-0.25, -0.2) is 4.79 Å². The predicted molar refractivity (Wildman–Crippen MR) is 79.4 cm³/mol. The summed E-state index contributed by atoms with van der Waals surface area (Å²) in [5, 5.41) is 9.27. The number of para-hydroxylation sites is 1. The zero-order valence-corrected chi connectivity index (χ0v) is 12.3. The van der Waals surface area contributed by atoms with Gasteiger partial charge in [0, 0.05) is 11.6 Å². The fourth-order valence-corrected chi connectivity index (χ4v) is 2.09. The van der Waals surface area contributed by atoms with E-state index < -0.39 is 0 Å². The van der Waals surface area contributed by atoms with E-state index in [-0.39, 0.29) is 12.1 Å². The topological polar surface area (TPSA) is 76.4 Å². The highest BCUT2D eigenvalue weighted by atomic mass is 16.5. The third kappa shape index (κ3) is 3.75. The summed E-state index contributed by atoms with van der Waals surface area (Å²) in [7, 11) is 1.61. The van der Waals surface area contributed by atoms with E-state index >= 15 is 0 Å². The van der Waals surface area contributed by atoms with Gasteiger partial charge in [0.1, 0.15) is 11.5 Å². The first-order chi connectivity index (χ1) is 10.1. The molecule has 0 unspecified atom stereocenters. The Labute approximate surface area is 123 Å². The monoisotopic (exact) mass is 289 g/mol. The first-order valence-corrected chi connectivity index (χ1v) is 6.77. The summed E-state index contributed by atoms with van der Waals surface area (Å²) in [6.45, 7) is 3.76. The summed E-state index contributed by atoms with van der Waals surface area (Å²) in [5.74, 6) is 1.78. The van der Waals surface area contributed by atoms with Gasteiger partial charge < -0.3 is 14.6 Å². The highest BCUT2D eigenvalue weighted by Crippen LogP contribution is 2.26. The molecular weight excluding hydrogens is 270 g/mol. The molecule has 1 aromatic heterocycles. The molecule has 1 atom stereocenters. The lowest BCUT2D eigenvalue weighted by atomic mass is 10.0. The number of aromatic nitrogens is 1. The summed E-state index contributed by atoms with van der Waals surface area (Å²) in [5.41, 5.74) is 0.939. The Morgan fingerprint density at radius 2 is 2.19 bits per heavy atom. The molecule has 0 aliphatic heterocycles. The van der Waals surface area contributed by atoms with Crippen LogP contribution in [0.4, 0.5) is 10.6 Å². The van der Waals surface area contributed by atoms with E-state index in [1.54, 1.807) is 20.1 Å². The molecule has 0 fully saturated rings. The average Bonchev–Trinajstić information content (AvgIpc) is 2.89. The van der Waals surface area contributed by atoms with Gasteiger partial charge >= 0.3 is 6.03 Å². The number of methoxy groups -OCH3 is 1. The predicted octanol–water partition coefficient (Wildman–Crippen LogP) is 3.26. The smallest absolute Gasteiger partial charge is 0.320 e. The molecule has 6 nitrogen and oxygen atoms in total. The summed E-state index contributed by atoms with van der Waals surface area (Å²) >= 11 is 0. The van der Waals surface area contributed by atoms with Gasteiger partial charge in [0.15, 0.2) is 5.82 Å². The Bertz CT molecular complexity index is 610. The number of amides is 2. The number of nitrogens with zero attached hydrogens (tertiary/aromatic N) is 1. The third-order valence-electron chi connectivity index (χ3n) is 3.10. The summed E-state index contributed by atoms with van der Waals surface area (Å²) in [6, 6.07) is 8.81. The van der Waals surface area contributed by atoms with E-state index in [0.717, 1.165) is 17.7 Å². The first-order valence-electron chi connectivity index (χ1n) is 6.77. The molecule has 2 rings (SSSR count). The second kappa shape index (κ2) is 6.78. The molecule has 0 bridgehead atoms. The van der Waals surface area contributed by atoms with E-state index in [9.17, 15) is 4.79 Å². The van der Waals surface area contributed by atoms with Crippen LogP contribution in [0.5, 0.6) is 5.75 Å². The lowest BCUT2D eigenvalue weighted by Crippen LogP contribution is -2.32. The molecule has 2 amide bonds. The molecule has 1 aromatic carbocycles. The van der Waals surface area contributed by atoms with Crippen molar-refractivity contribution >= 4 is 11.8 Å². The van der Waals surface area contributed by atoms with Crippen molar-refractivity contribution in [2.75, 3.05) is 12.4 Å². The van der Waals surface area contributed by atoms with Crippen molar-refractivity contribution in [3.63, 3.8) is 0 Å². The van der Waals surface area contributed by atoms with Crippen LogP contribution in [0.15, 0.2) is 34.9 Å². The van der Waals surface area contributed by atoms with E-state index in [2.05, 4.69) is 15.8 Å². The van der Waals surface area contributed by atoms with Crippen molar-refractivity contribution < 1.29 is 14.1 Å². The van der Waals surface area contributed by atoms with Crippen molar-refractivity contribution in [3.05, 3.63) is 41.7 Å². The Morgan fingerprint density at radius 1 is 1.43 bits per heavy atom. The van der Waals surface area contributed by atoms with Gasteiger partial charge in [-0.3, -0.25) is 5.32 Å². The molecule has 1 heterocycles. The Morgan fingerprint density at radius 3 is 2.81 bits per heavy atom. The lowest BCUT2D eigenvalue weighted by molar-refractivity contribution is 0.247. The number of aryl methyl sites for hydroxylation is 1. The zero-order valence-electron chi connectivity index (χ0n) is 12.3. The van der Waals surface area contributed by atoms with Gasteiger partial charge in [0.2, 0.25) is 0 Å². The maximum absolute atomic E-state index is 12.0. The van der Waals surface area contributed by atoms with Crippen LogP contribution in [0.2, 0.25) is 0 Å². The van der Waals surface area contributed by atoms with Crippen LogP contribution in [0.25, 0.3) is 0 Å². The van der Waals surface area contributed by atoms with Crippen molar-refractivity contribution in [1.82, 2.24) is 10.5 Å². The normalized spacial score (nSPS) is 11.8. The van der Waals surface area contributed by atoms with Crippen molar-refractivity contribution in [2.45, 2.75) is 26.3 Å². The second-order valence-electron chi connectivity index (χ2n) is 4.62. The number of ether oxygens (including phenoxy) is 1. The van der Waals surface area contributed by atoms with Crippen LogP contribution in [0.3, 0.4) is 0 Å². The second-order valence-corrected chi connectivity index (χ2v) is 4.62. The Kier molecular flexibility index (Phi) is 4.81. The molecule has 0 saturated heterocycles. The van der Waals surface area contributed by atoms with Crippen molar-refractivity contribution in [2.24, 2.45) is 0 Å². The molecule has 6 heteroatoms. The number of anilines is 1. The van der Waals surface area contributed by atoms with E-state index in [1.165, 1.54) is 0 Å². The highest BCUT2D eigenvalue weighted by molar-refractivity contribution is 5.88. The maximum Gasteiger partial charge on any atom is 0.320 e. The Hall–Kier alpha value is -2.50. The van der Waals surface area contributed by atoms with Crippen LogP contribution in [-0.2, 0) is 0 Å². The van der Waals surface area contributed by atoms with Crippen molar-refractivity contribution in [3.8, 4) is 5.75 Å². The highest BCUT2D eigenvalue weighted by Gasteiger charge is 2.17. The molecular formula is C15H19N3O3. The standard InChI is InChI=1S/C15H19N3O3/c1-4-12(11-7-5-6-8-13(11)20-3)16-15(19)17-14-9-10(2)21-18-14/h5-9,12H,4H2,1-3H3,(H2,16,17,18,19)/t12-/m0/s1. The van der Waals surface area contributed by atoms with Gasteiger partial charge in [0.25, 0.3) is 0 Å². The minimum absolute atomic E-state index is 0.144. The average molecular weight is 289 g/mol. The van der Waals surface area contributed by atoms with E-state index in [1.807, 2.05) is 31.2 Å². The lowest BCUT2D eigenvalue weighted by Gasteiger charge is -2.19. The van der Waals surface area contributed by atoms with Crippen LogP contribution in [-0.4, -0.2) is 18.3 Å². The van der Waals surface area contributed by atoms with Gasteiger partial charge in [-0.05, 0) is 19.4 Å². The molecule has 0 radical (unpaired) electrons. The number of nitrogens with one attached hydrogen (secondary N) is 2. The molecule has 112 valence electrons. The summed E-state index contributed by atoms with van der Waals surface area (Å²) < 4.78 is 10.2. The van der Waals surface area contributed by atoms with Crippen LogP contribution in [0.1, 0.15) is 30.7 Å². The van der Waals surface area contributed by atoms with Crippen molar-refractivity contribution in [1.29, 1.82) is 0 Å². The van der Waals surface area contributed by atoms with Gasteiger partial charge in [-0.15, -0.1) is 0 Å². The molecule has 2 aromatic rings. The number of hydrogen-bond donors (Lipinski definition) is 2. The number of hydrogen-bond acceptors (Lipinski definition) is 4. The molecule has 0 aliphatic carbocycles. The van der Waals surface area contributed by atoms with Gasteiger partial charge in [-0.1, -0.05) is 30.3 Å². The van der Waals surface area contributed by atoms with E-state index in [4.69, 9.17) is 9.26 Å². The number of carbonyl (C=O) groups excluding carboxylic acids is 1. The van der Waals surface area contributed by atoms with Crippen LogP contribution >= 0.6 is 0 Å². The SMILES string of the molecule is CC[C@H](NC(=O)Nc1cc(C)on1)c1ccccc1OC. The minimum Gasteiger partial charge on any atom is -0.496 e. The summed E-state index contributed by atoms with van der Waals surface area (Å²) in [6.07, 6.45) is 0.742. The first kappa shape index (κ1) is 14.9. The Balaban J connectivity index is 2.06. The maximum atomic E-state index is 12.0. The van der Waals surface area contributed by atoms with Crippen LogP contribution in [0, 0.1) is 6.92 Å². The van der Waals surface area contributed by atoms with Crippen LogP contribution < -0.4 is 15.4 Å². The number of urea groups is 1. The summed E-state index contributed by atoms with van der Waals surface area (Å²) in [4.78, 5) is 12.0.